The molecule has 0 atom stereocenters. The number of benzene rings is 2. The van der Waals surface area contributed by atoms with E-state index in [0.29, 0.717) is 16.0 Å². The van der Waals surface area contributed by atoms with Gasteiger partial charge in [0.2, 0.25) is 0 Å². The summed E-state index contributed by atoms with van der Waals surface area (Å²) in [6.45, 7) is 2.16. The largest absolute Gasteiger partial charge is 0.231 e. The third-order valence-corrected chi connectivity index (χ3v) is 5.95. The van der Waals surface area contributed by atoms with E-state index >= 15 is 0 Å². The number of halogens is 3. The van der Waals surface area contributed by atoms with Gasteiger partial charge in [0.15, 0.2) is 0 Å². The Hall–Kier alpha value is -1.48. The quantitative estimate of drug-likeness (QED) is 0.442. The molecule has 1 saturated carbocycles. The first-order valence-electron chi connectivity index (χ1n) is 8.85. The number of rotatable bonds is 3. The maximum Gasteiger partial charge on any atom is 0.0840 e. The molecule has 2 aromatic carbocycles. The summed E-state index contributed by atoms with van der Waals surface area (Å²) >= 11 is 18.7. The second-order valence-electron chi connectivity index (χ2n) is 6.85. The molecule has 0 aliphatic heterocycles. The van der Waals surface area contributed by atoms with Gasteiger partial charge in [-0.15, -0.1) is 0 Å². The molecular formula is C21H19Cl3N2. The molecule has 1 aliphatic carbocycles. The highest BCUT2D eigenvalue weighted by Gasteiger charge is 2.26. The van der Waals surface area contributed by atoms with Crippen molar-refractivity contribution < 1.29 is 0 Å². The normalized spacial score (nSPS) is 14.9. The van der Waals surface area contributed by atoms with Crippen LogP contribution in [0.1, 0.15) is 42.9 Å². The molecule has 0 spiro atoms. The summed E-state index contributed by atoms with van der Waals surface area (Å²) in [4.78, 5) is 0. The van der Waals surface area contributed by atoms with Crippen LogP contribution in [0.4, 0.5) is 0 Å². The van der Waals surface area contributed by atoms with Crippen molar-refractivity contribution in [3.05, 3.63) is 68.8 Å². The number of nitrogens with zero attached hydrogens (tertiary/aromatic N) is 2. The molecule has 26 heavy (non-hydrogen) atoms. The highest BCUT2D eigenvalue weighted by molar-refractivity contribution is 6.35. The van der Waals surface area contributed by atoms with Crippen molar-refractivity contribution >= 4 is 34.8 Å². The highest BCUT2D eigenvalue weighted by Crippen LogP contribution is 2.40. The van der Waals surface area contributed by atoms with Gasteiger partial charge in [-0.25, -0.2) is 4.68 Å². The van der Waals surface area contributed by atoms with Crippen molar-refractivity contribution in [1.29, 1.82) is 0 Å². The summed E-state index contributed by atoms with van der Waals surface area (Å²) in [6, 6.07) is 13.4. The molecule has 1 aliphatic rings. The fourth-order valence-electron chi connectivity index (χ4n) is 3.87. The van der Waals surface area contributed by atoms with Crippen LogP contribution in [-0.4, -0.2) is 9.78 Å². The lowest BCUT2D eigenvalue weighted by molar-refractivity contribution is 0.676. The van der Waals surface area contributed by atoms with Crippen LogP contribution in [0.25, 0.3) is 16.9 Å². The maximum absolute atomic E-state index is 6.50. The molecule has 134 valence electrons. The molecule has 0 unspecified atom stereocenters. The Morgan fingerprint density at radius 2 is 1.58 bits per heavy atom. The molecule has 3 aromatic rings. The number of aromatic nitrogens is 2. The van der Waals surface area contributed by atoms with Crippen LogP contribution < -0.4 is 0 Å². The molecule has 0 amide bonds. The van der Waals surface area contributed by atoms with Crippen molar-refractivity contribution in [2.75, 3.05) is 0 Å². The molecule has 1 fully saturated rings. The van der Waals surface area contributed by atoms with E-state index in [1.807, 2.05) is 41.1 Å². The zero-order chi connectivity index (χ0) is 18.3. The lowest BCUT2D eigenvalue weighted by Crippen LogP contribution is -2.01. The standard InChI is InChI=1S/C21H19Cl3N2/c1-13-20(14-4-2-3-5-14)25-26(19-11-10-17(23)12-18(19)24)21(13)15-6-8-16(22)9-7-15/h6-12,14H,2-5H2,1H3. The average molecular weight is 406 g/mol. The molecule has 5 heteroatoms. The van der Waals surface area contributed by atoms with Gasteiger partial charge in [0.25, 0.3) is 0 Å². The minimum atomic E-state index is 0.522. The van der Waals surface area contributed by atoms with E-state index in [1.165, 1.54) is 36.9 Å². The molecule has 4 rings (SSSR count). The fourth-order valence-corrected chi connectivity index (χ4v) is 4.49. The van der Waals surface area contributed by atoms with Gasteiger partial charge in [-0.1, -0.05) is 59.8 Å². The Bertz CT molecular complexity index is 939. The zero-order valence-electron chi connectivity index (χ0n) is 14.5. The van der Waals surface area contributed by atoms with Gasteiger partial charge in [-0.3, -0.25) is 0 Å². The summed E-state index contributed by atoms with van der Waals surface area (Å²) in [7, 11) is 0. The first kappa shape index (κ1) is 17.9. The van der Waals surface area contributed by atoms with Gasteiger partial charge in [0, 0.05) is 21.5 Å². The van der Waals surface area contributed by atoms with Crippen molar-refractivity contribution in [2.24, 2.45) is 0 Å². The Labute approximate surface area is 168 Å². The van der Waals surface area contributed by atoms with Crippen molar-refractivity contribution in [1.82, 2.24) is 9.78 Å². The topological polar surface area (TPSA) is 17.8 Å². The summed E-state index contributed by atoms with van der Waals surface area (Å²) in [5, 5.41) is 6.94. The van der Waals surface area contributed by atoms with Gasteiger partial charge < -0.3 is 0 Å². The minimum Gasteiger partial charge on any atom is -0.231 e. The van der Waals surface area contributed by atoms with E-state index in [0.717, 1.165) is 22.0 Å². The van der Waals surface area contributed by atoms with Crippen LogP contribution in [0.2, 0.25) is 15.1 Å². The molecule has 0 N–H and O–H groups in total. The first-order valence-corrected chi connectivity index (χ1v) is 9.99. The van der Waals surface area contributed by atoms with Gasteiger partial charge in [0.1, 0.15) is 0 Å². The predicted octanol–water partition coefficient (Wildman–Crippen LogP) is 7.47. The maximum atomic E-state index is 6.50. The molecule has 1 aromatic heterocycles. The van der Waals surface area contributed by atoms with Gasteiger partial charge in [0.05, 0.1) is 22.1 Å². The molecule has 0 radical (unpaired) electrons. The zero-order valence-corrected chi connectivity index (χ0v) is 16.7. The lowest BCUT2D eigenvalue weighted by atomic mass is 9.97. The SMILES string of the molecule is Cc1c(C2CCCC2)nn(-c2ccc(Cl)cc2Cl)c1-c1ccc(Cl)cc1. The second-order valence-corrected chi connectivity index (χ2v) is 8.13. The van der Waals surface area contributed by atoms with E-state index in [9.17, 15) is 0 Å². The number of hydrogen-bond acceptors (Lipinski definition) is 1. The Kier molecular flexibility index (Phi) is 5.00. The van der Waals surface area contributed by atoms with E-state index < -0.39 is 0 Å². The lowest BCUT2D eigenvalue weighted by Gasteiger charge is -2.11. The molecule has 0 saturated heterocycles. The van der Waals surface area contributed by atoms with Crippen molar-refractivity contribution in [3.8, 4) is 16.9 Å². The van der Waals surface area contributed by atoms with Gasteiger partial charge >= 0.3 is 0 Å². The summed E-state index contributed by atoms with van der Waals surface area (Å²) in [5.74, 6) is 0.522. The summed E-state index contributed by atoms with van der Waals surface area (Å²) in [6.07, 6.45) is 4.95. The van der Waals surface area contributed by atoms with Crippen LogP contribution in [0, 0.1) is 6.92 Å². The van der Waals surface area contributed by atoms with Gasteiger partial charge in [-0.2, -0.15) is 5.10 Å². The van der Waals surface area contributed by atoms with Crippen LogP contribution in [0.5, 0.6) is 0 Å². The van der Waals surface area contributed by atoms with E-state index in [2.05, 4.69) is 6.92 Å². The highest BCUT2D eigenvalue weighted by atomic mass is 35.5. The molecule has 2 nitrogen and oxygen atoms in total. The number of hydrogen-bond donors (Lipinski definition) is 0. The Morgan fingerprint density at radius 3 is 2.23 bits per heavy atom. The molecular weight excluding hydrogens is 387 g/mol. The van der Waals surface area contributed by atoms with Crippen molar-refractivity contribution in [3.63, 3.8) is 0 Å². The third kappa shape index (κ3) is 3.26. The molecule has 1 heterocycles. The minimum absolute atomic E-state index is 0.522. The Balaban J connectivity index is 1.93. The smallest absolute Gasteiger partial charge is 0.0840 e. The molecule has 0 bridgehead atoms. The van der Waals surface area contributed by atoms with E-state index in [-0.39, 0.29) is 0 Å². The van der Waals surface area contributed by atoms with Crippen LogP contribution >= 0.6 is 34.8 Å². The first-order chi connectivity index (χ1) is 12.5. The Morgan fingerprint density at radius 1 is 0.923 bits per heavy atom. The van der Waals surface area contributed by atoms with Gasteiger partial charge in [-0.05, 0) is 55.7 Å². The van der Waals surface area contributed by atoms with Crippen LogP contribution in [0.3, 0.4) is 0 Å². The second kappa shape index (κ2) is 7.26. The monoisotopic (exact) mass is 404 g/mol. The van der Waals surface area contributed by atoms with Crippen LogP contribution in [0.15, 0.2) is 42.5 Å². The third-order valence-electron chi connectivity index (χ3n) is 5.16. The van der Waals surface area contributed by atoms with E-state index in [1.54, 1.807) is 6.07 Å². The fraction of sp³-hybridized carbons (Fsp3) is 0.286. The average Bonchev–Trinajstić information content (AvgIpc) is 3.24. The van der Waals surface area contributed by atoms with Crippen molar-refractivity contribution in [2.45, 2.75) is 38.5 Å². The van der Waals surface area contributed by atoms with Crippen LogP contribution in [-0.2, 0) is 0 Å². The summed E-state index contributed by atoms with van der Waals surface area (Å²) < 4.78 is 1.96. The summed E-state index contributed by atoms with van der Waals surface area (Å²) in [5.41, 5.74) is 5.37. The predicted molar refractivity (Wildman–Crippen MR) is 110 cm³/mol. The van der Waals surface area contributed by atoms with E-state index in [4.69, 9.17) is 39.9 Å².